The fourth-order valence-electron chi connectivity index (χ4n) is 4.50. The van der Waals surface area contributed by atoms with Crippen molar-refractivity contribution in [3.05, 3.63) is 58.7 Å². The largest absolute Gasteiger partial charge is 0.851 e. The van der Waals surface area contributed by atoms with Crippen molar-refractivity contribution in [2.45, 2.75) is 50.7 Å². The topological polar surface area (TPSA) is 52.6 Å². The Kier molecular flexibility index (Phi) is 6.01. The van der Waals surface area contributed by atoms with E-state index in [0.717, 1.165) is 35.3 Å². The Morgan fingerprint density at radius 2 is 1.04 bits per heavy atom. The highest BCUT2D eigenvalue weighted by Crippen LogP contribution is 2.46. The van der Waals surface area contributed by atoms with Crippen LogP contribution in [0.4, 0.5) is 11.4 Å². The van der Waals surface area contributed by atoms with Crippen LogP contribution in [-0.2, 0) is 12.8 Å². The lowest BCUT2D eigenvalue weighted by molar-refractivity contribution is -0.536. The molecule has 2 aromatic rings. The van der Waals surface area contributed by atoms with Crippen LogP contribution >= 0.6 is 0 Å². The van der Waals surface area contributed by atoms with Crippen LogP contribution in [0.25, 0.3) is 0 Å². The van der Waals surface area contributed by atoms with Gasteiger partial charge in [-0.05, 0) is 59.1 Å². The number of aryl methyl sites for hydroxylation is 2. The zero-order chi connectivity index (χ0) is 20.6. The molecule has 4 heteroatoms. The maximum absolute atomic E-state index is 13.1. The SMILES string of the molecule is CCc1cc(C2C([O-])C(c3ccc(N(C)C)c(CC)c3)C2[O-])ccc1N(C)C. The number of anilines is 2. The molecule has 0 aliphatic heterocycles. The lowest BCUT2D eigenvalue weighted by atomic mass is 9.63. The van der Waals surface area contributed by atoms with E-state index in [-0.39, 0.29) is 0 Å². The Morgan fingerprint density at radius 3 is 1.32 bits per heavy atom. The van der Waals surface area contributed by atoms with E-state index in [0.29, 0.717) is 0 Å². The quantitative estimate of drug-likeness (QED) is 0.772. The molecule has 0 atom stereocenters. The van der Waals surface area contributed by atoms with E-state index in [2.05, 4.69) is 35.8 Å². The summed E-state index contributed by atoms with van der Waals surface area (Å²) in [6.45, 7) is 4.22. The van der Waals surface area contributed by atoms with Crippen LogP contribution in [0.15, 0.2) is 36.4 Å². The Hall–Kier alpha value is -2.04. The fourth-order valence-corrected chi connectivity index (χ4v) is 4.50. The highest BCUT2D eigenvalue weighted by molar-refractivity contribution is 5.57. The van der Waals surface area contributed by atoms with Crippen molar-refractivity contribution in [1.29, 1.82) is 0 Å². The molecule has 1 fully saturated rings. The van der Waals surface area contributed by atoms with Crippen molar-refractivity contribution < 1.29 is 10.2 Å². The summed E-state index contributed by atoms with van der Waals surface area (Å²) in [6, 6.07) is 12.2. The molecule has 2 aromatic carbocycles. The molecule has 28 heavy (non-hydrogen) atoms. The summed E-state index contributed by atoms with van der Waals surface area (Å²) in [6.07, 6.45) is 0.00644. The van der Waals surface area contributed by atoms with Gasteiger partial charge in [-0.25, -0.2) is 0 Å². The van der Waals surface area contributed by atoms with E-state index >= 15 is 0 Å². The maximum Gasteiger partial charge on any atom is 0.0393 e. The molecule has 4 nitrogen and oxygen atoms in total. The molecule has 0 radical (unpaired) electrons. The van der Waals surface area contributed by atoms with Crippen molar-refractivity contribution in [2.75, 3.05) is 38.0 Å². The van der Waals surface area contributed by atoms with Gasteiger partial charge in [0.15, 0.2) is 0 Å². The van der Waals surface area contributed by atoms with Crippen LogP contribution in [0, 0.1) is 0 Å². The monoisotopic (exact) mass is 380 g/mol. The maximum atomic E-state index is 13.1. The van der Waals surface area contributed by atoms with Gasteiger partial charge in [0.25, 0.3) is 0 Å². The minimum absolute atomic E-state index is 0.454. The summed E-state index contributed by atoms with van der Waals surface area (Å²) in [5.74, 6) is -0.907. The Bertz CT molecular complexity index is 754. The molecule has 0 aromatic heterocycles. The molecular weight excluding hydrogens is 348 g/mol. The van der Waals surface area contributed by atoms with Crippen molar-refractivity contribution in [3.8, 4) is 0 Å². The second-order valence-electron chi connectivity index (χ2n) is 8.25. The summed E-state index contributed by atoms with van der Waals surface area (Å²) in [5, 5.41) is 26.1. The van der Waals surface area contributed by atoms with Crippen LogP contribution in [0.3, 0.4) is 0 Å². The zero-order valence-corrected chi connectivity index (χ0v) is 17.9. The molecule has 3 rings (SSSR count). The van der Waals surface area contributed by atoms with Crippen LogP contribution in [0.2, 0.25) is 0 Å². The Balaban J connectivity index is 1.87. The van der Waals surface area contributed by atoms with Crippen LogP contribution in [0.1, 0.15) is 47.9 Å². The average Bonchev–Trinajstić information content (AvgIpc) is 2.67. The van der Waals surface area contributed by atoms with Crippen LogP contribution in [0.5, 0.6) is 0 Å². The van der Waals surface area contributed by atoms with Crippen LogP contribution < -0.4 is 20.0 Å². The molecule has 0 saturated heterocycles. The van der Waals surface area contributed by atoms with E-state index in [9.17, 15) is 10.2 Å². The summed E-state index contributed by atoms with van der Waals surface area (Å²) in [5.41, 5.74) is 6.49. The second kappa shape index (κ2) is 8.14. The number of nitrogens with zero attached hydrogens (tertiary/aromatic N) is 2. The molecule has 0 unspecified atom stereocenters. The number of hydrogen-bond acceptors (Lipinski definition) is 4. The summed E-state index contributed by atoms with van der Waals surface area (Å²) in [4.78, 5) is 4.16. The molecule has 0 spiro atoms. The van der Waals surface area contributed by atoms with Gasteiger partial charge < -0.3 is 20.0 Å². The molecule has 1 aliphatic carbocycles. The third-order valence-corrected chi connectivity index (χ3v) is 6.12. The minimum Gasteiger partial charge on any atom is -0.851 e. The highest BCUT2D eigenvalue weighted by atomic mass is 16.3. The van der Waals surface area contributed by atoms with Gasteiger partial charge in [0, 0.05) is 39.6 Å². The average molecular weight is 381 g/mol. The molecule has 152 valence electrons. The predicted molar refractivity (Wildman–Crippen MR) is 113 cm³/mol. The summed E-state index contributed by atoms with van der Waals surface area (Å²) in [7, 11) is 8.07. The molecule has 1 aliphatic rings. The van der Waals surface area contributed by atoms with Crippen molar-refractivity contribution >= 4 is 11.4 Å². The summed E-state index contributed by atoms with van der Waals surface area (Å²) >= 11 is 0. The van der Waals surface area contributed by atoms with Gasteiger partial charge in [-0.1, -0.05) is 38.1 Å². The standard InChI is InChI=1S/C24H32N2O2/c1-7-15-13-17(9-11-19(15)25(3)4)21-23(27)22(24(21)28)18-10-12-20(26(5)6)16(8-2)14-18/h9-14,21-24H,7-8H2,1-6H3/q-2. The van der Waals surface area contributed by atoms with E-state index < -0.39 is 24.0 Å². The Labute approximate surface area is 169 Å². The minimum atomic E-state index is -0.882. The van der Waals surface area contributed by atoms with Crippen molar-refractivity contribution in [2.24, 2.45) is 0 Å². The van der Waals surface area contributed by atoms with E-state index in [1.807, 2.05) is 52.5 Å². The van der Waals surface area contributed by atoms with E-state index in [1.54, 1.807) is 0 Å². The summed E-state index contributed by atoms with van der Waals surface area (Å²) < 4.78 is 0. The third-order valence-electron chi connectivity index (χ3n) is 6.12. The van der Waals surface area contributed by atoms with E-state index in [1.165, 1.54) is 11.1 Å². The first-order valence-electron chi connectivity index (χ1n) is 10.2. The van der Waals surface area contributed by atoms with Gasteiger partial charge in [0.1, 0.15) is 0 Å². The molecule has 0 heterocycles. The van der Waals surface area contributed by atoms with Crippen molar-refractivity contribution in [3.63, 3.8) is 0 Å². The third kappa shape index (κ3) is 3.51. The Morgan fingerprint density at radius 1 is 0.679 bits per heavy atom. The van der Waals surface area contributed by atoms with Crippen LogP contribution in [-0.4, -0.2) is 40.4 Å². The van der Waals surface area contributed by atoms with Gasteiger partial charge in [-0.3, -0.25) is 0 Å². The lowest BCUT2D eigenvalue weighted by Gasteiger charge is -2.62. The molecular formula is C24H32N2O2-2. The predicted octanol–water partition coefficient (Wildman–Crippen LogP) is 2.28. The van der Waals surface area contributed by atoms with Gasteiger partial charge in [0.2, 0.25) is 0 Å². The molecule has 0 N–H and O–H groups in total. The smallest absolute Gasteiger partial charge is 0.0393 e. The molecule has 0 bridgehead atoms. The molecule has 0 amide bonds. The number of hydrogen-bond donors (Lipinski definition) is 0. The van der Waals surface area contributed by atoms with Gasteiger partial charge in [-0.2, -0.15) is 0 Å². The van der Waals surface area contributed by atoms with Gasteiger partial charge in [0.05, 0.1) is 0 Å². The van der Waals surface area contributed by atoms with Crippen molar-refractivity contribution in [1.82, 2.24) is 0 Å². The first kappa shape index (κ1) is 20.7. The normalized spacial score (nSPS) is 24.0. The lowest BCUT2D eigenvalue weighted by Crippen LogP contribution is -2.63. The van der Waals surface area contributed by atoms with Gasteiger partial charge >= 0.3 is 0 Å². The first-order chi connectivity index (χ1) is 13.3. The number of rotatable bonds is 6. The molecule has 1 saturated carbocycles. The van der Waals surface area contributed by atoms with Gasteiger partial charge in [-0.15, -0.1) is 12.2 Å². The fraction of sp³-hybridized carbons (Fsp3) is 0.500. The first-order valence-corrected chi connectivity index (χ1v) is 10.2. The second-order valence-corrected chi connectivity index (χ2v) is 8.25. The van der Waals surface area contributed by atoms with E-state index in [4.69, 9.17) is 0 Å². The zero-order valence-electron chi connectivity index (χ0n) is 17.9. The number of benzene rings is 2. The highest BCUT2D eigenvalue weighted by Gasteiger charge is 2.38.